The van der Waals surface area contributed by atoms with Gasteiger partial charge in [-0.2, -0.15) is 0 Å². The molecule has 0 bridgehead atoms. The predicted molar refractivity (Wildman–Crippen MR) is 84.0 cm³/mol. The molecule has 0 atom stereocenters. The van der Waals surface area contributed by atoms with Crippen LogP contribution in [0.15, 0.2) is 0 Å². The van der Waals surface area contributed by atoms with Crippen molar-refractivity contribution in [2.24, 2.45) is 35.1 Å². The average molecular weight is 272 g/mol. The summed E-state index contributed by atoms with van der Waals surface area (Å²) in [6.07, 6.45) is 0. The van der Waals surface area contributed by atoms with Crippen LogP contribution in [-0.4, -0.2) is 24.3 Å². The van der Waals surface area contributed by atoms with E-state index in [0.29, 0.717) is 36.8 Å². The Morgan fingerprint density at radius 3 is 0.947 bits per heavy atom. The lowest BCUT2D eigenvalue weighted by molar-refractivity contribution is -0.223. The molecule has 0 aliphatic heterocycles. The molecule has 0 aromatic carbocycles. The molecule has 19 heavy (non-hydrogen) atoms. The lowest BCUT2D eigenvalue weighted by Gasteiger charge is -2.51. The van der Waals surface area contributed by atoms with Gasteiger partial charge in [-0.3, -0.25) is 0 Å². The Labute approximate surface area is 120 Å². The Kier molecular flexibility index (Phi) is 7.01. The van der Waals surface area contributed by atoms with Gasteiger partial charge in [-0.1, -0.05) is 55.4 Å². The molecule has 0 saturated carbocycles. The van der Waals surface area contributed by atoms with Gasteiger partial charge in [0, 0.05) is 13.1 Å². The second kappa shape index (κ2) is 7.05. The highest BCUT2D eigenvalue weighted by atomic mass is 16.5. The molecular formula is C16H36N2O. The summed E-state index contributed by atoms with van der Waals surface area (Å²) >= 11 is 0. The normalized spacial score (nSPS) is 14.2. The summed E-state index contributed by atoms with van der Waals surface area (Å²) in [5, 5.41) is 0. The topological polar surface area (TPSA) is 61.3 Å². The van der Waals surface area contributed by atoms with E-state index in [-0.39, 0.29) is 11.2 Å². The maximum atomic E-state index is 6.72. The van der Waals surface area contributed by atoms with Gasteiger partial charge in [0.05, 0.1) is 11.2 Å². The highest BCUT2D eigenvalue weighted by Gasteiger charge is 2.47. The second-order valence-corrected chi connectivity index (χ2v) is 7.04. The van der Waals surface area contributed by atoms with E-state index in [1.165, 1.54) is 0 Å². The maximum absolute atomic E-state index is 6.72. The summed E-state index contributed by atoms with van der Waals surface area (Å²) in [5.41, 5.74) is 11.6. The van der Waals surface area contributed by atoms with Gasteiger partial charge in [0.2, 0.25) is 0 Å². The van der Waals surface area contributed by atoms with Gasteiger partial charge in [0.15, 0.2) is 0 Å². The standard InChI is InChI=1S/C16H36N2O/c1-11(2)15(9-17,12(3)4)19-16(10-18,13(5)6)14(7)8/h11-14H,9-10,17-18H2,1-8H3. The Morgan fingerprint density at radius 2 is 0.842 bits per heavy atom. The van der Waals surface area contributed by atoms with Crippen molar-refractivity contribution < 1.29 is 4.74 Å². The molecule has 116 valence electrons. The summed E-state index contributed by atoms with van der Waals surface area (Å²) in [6.45, 7) is 18.6. The van der Waals surface area contributed by atoms with E-state index in [1.54, 1.807) is 0 Å². The fourth-order valence-corrected chi connectivity index (χ4v) is 3.18. The van der Waals surface area contributed by atoms with Crippen LogP contribution in [0.5, 0.6) is 0 Å². The SMILES string of the molecule is CC(C)C(CN)(OC(CN)(C(C)C)C(C)C)C(C)C. The van der Waals surface area contributed by atoms with Gasteiger partial charge in [0.25, 0.3) is 0 Å². The number of hydrogen-bond donors (Lipinski definition) is 2. The summed E-state index contributed by atoms with van der Waals surface area (Å²) in [4.78, 5) is 0. The van der Waals surface area contributed by atoms with Crippen LogP contribution in [0.3, 0.4) is 0 Å². The van der Waals surface area contributed by atoms with Crippen molar-refractivity contribution in [3.8, 4) is 0 Å². The van der Waals surface area contributed by atoms with Crippen LogP contribution in [0.4, 0.5) is 0 Å². The molecule has 0 unspecified atom stereocenters. The van der Waals surface area contributed by atoms with E-state index in [4.69, 9.17) is 16.2 Å². The first kappa shape index (κ1) is 18.9. The van der Waals surface area contributed by atoms with Crippen LogP contribution in [0, 0.1) is 23.7 Å². The van der Waals surface area contributed by atoms with Crippen LogP contribution in [0.25, 0.3) is 0 Å². The first-order valence-electron chi connectivity index (χ1n) is 7.71. The Hall–Kier alpha value is -0.120. The molecule has 0 radical (unpaired) electrons. The minimum Gasteiger partial charge on any atom is -0.365 e. The second-order valence-electron chi connectivity index (χ2n) is 7.04. The molecule has 0 saturated heterocycles. The van der Waals surface area contributed by atoms with Gasteiger partial charge in [-0.15, -0.1) is 0 Å². The molecule has 0 aromatic heterocycles. The van der Waals surface area contributed by atoms with Gasteiger partial charge in [-0.25, -0.2) is 0 Å². The number of hydrogen-bond acceptors (Lipinski definition) is 3. The van der Waals surface area contributed by atoms with Crippen molar-refractivity contribution >= 4 is 0 Å². The van der Waals surface area contributed by atoms with Gasteiger partial charge < -0.3 is 16.2 Å². The van der Waals surface area contributed by atoms with Crippen LogP contribution < -0.4 is 11.5 Å². The third kappa shape index (κ3) is 3.50. The highest BCUT2D eigenvalue weighted by molar-refractivity contribution is 4.97. The average Bonchev–Trinajstić information content (AvgIpc) is 2.29. The Morgan fingerprint density at radius 1 is 0.632 bits per heavy atom. The predicted octanol–water partition coefficient (Wildman–Crippen LogP) is 3.02. The summed E-state index contributed by atoms with van der Waals surface area (Å²) in [5.74, 6) is 1.45. The van der Waals surface area contributed by atoms with E-state index >= 15 is 0 Å². The fraction of sp³-hybridized carbons (Fsp3) is 1.00. The minimum atomic E-state index is -0.312. The summed E-state index contributed by atoms with van der Waals surface area (Å²) < 4.78 is 6.72. The lowest BCUT2D eigenvalue weighted by Crippen LogP contribution is -2.61. The van der Waals surface area contributed by atoms with Gasteiger partial charge >= 0.3 is 0 Å². The number of nitrogens with two attached hydrogens (primary N) is 2. The first-order valence-corrected chi connectivity index (χ1v) is 7.71. The third-order valence-electron chi connectivity index (χ3n) is 4.93. The van der Waals surface area contributed by atoms with Crippen molar-refractivity contribution in [3.63, 3.8) is 0 Å². The smallest absolute Gasteiger partial charge is 0.0857 e. The Balaban J connectivity index is 5.62. The molecule has 0 aromatic rings. The van der Waals surface area contributed by atoms with Crippen molar-refractivity contribution in [2.45, 2.75) is 66.6 Å². The van der Waals surface area contributed by atoms with E-state index < -0.39 is 0 Å². The monoisotopic (exact) mass is 272 g/mol. The lowest BCUT2D eigenvalue weighted by atomic mass is 9.75. The van der Waals surface area contributed by atoms with Crippen LogP contribution in [-0.2, 0) is 4.74 Å². The largest absolute Gasteiger partial charge is 0.365 e. The van der Waals surface area contributed by atoms with Crippen molar-refractivity contribution in [1.29, 1.82) is 0 Å². The minimum absolute atomic E-state index is 0.312. The third-order valence-corrected chi connectivity index (χ3v) is 4.93. The van der Waals surface area contributed by atoms with Crippen molar-refractivity contribution in [3.05, 3.63) is 0 Å². The summed E-state index contributed by atoms with van der Waals surface area (Å²) in [6, 6.07) is 0. The fourth-order valence-electron chi connectivity index (χ4n) is 3.18. The molecule has 0 amide bonds. The Bertz CT molecular complexity index is 217. The van der Waals surface area contributed by atoms with E-state index in [1.807, 2.05) is 0 Å². The van der Waals surface area contributed by atoms with Crippen LogP contribution in [0.2, 0.25) is 0 Å². The number of rotatable bonds is 8. The molecule has 0 fully saturated rings. The van der Waals surface area contributed by atoms with Gasteiger partial charge in [0.1, 0.15) is 0 Å². The zero-order chi connectivity index (χ0) is 15.4. The molecule has 0 aliphatic rings. The quantitative estimate of drug-likeness (QED) is 0.714. The molecular weight excluding hydrogens is 236 g/mol. The van der Waals surface area contributed by atoms with Gasteiger partial charge in [-0.05, 0) is 23.7 Å². The molecule has 0 aliphatic carbocycles. The molecule has 0 rings (SSSR count). The molecule has 3 nitrogen and oxygen atoms in total. The zero-order valence-corrected chi connectivity index (χ0v) is 14.3. The zero-order valence-electron chi connectivity index (χ0n) is 14.3. The van der Waals surface area contributed by atoms with E-state index in [9.17, 15) is 0 Å². The molecule has 0 spiro atoms. The first-order chi connectivity index (χ1) is 8.60. The van der Waals surface area contributed by atoms with Crippen LogP contribution >= 0.6 is 0 Å². The van der Waals surface area contributed by atoms with Crippen LogP contribution in [0.1, 0.15) is 55.4 Å². The van der Waals surface area contributed by atoms with E-state index in [2.05, 4.69) is 55.4 Å². The summed E-state index contributed by atoms with van der Waals surface area (Å²) in [7, 11) is 0. The maximum Gasteiger partial charge on any atom is 0.0857 e. The number of ether oxygens (including phenoxy) is 1. The highest BCUT2D eigenvalue weighted by Crippen LogP contribution is 2.40. The molecule has 3 heteroatoms. The van der Waals surface area contributed by atoms with Crippen molar-refractivity contribution in [2.75, 3.05) is 13.1 Å². The van der Waals surface area contributed by atoms with Crippen molar-refractivity contribution in [1.82, 2.24) is 0 Å². The molecule has 4 N–H and O–H groups in total. The van der Waals surface area contributed by atoms with E-state index in [0.717, 1.165) is 0 Å². The molecule has 0 heterocycles.